The zero-order valence-corrected chi connectivity index (χ0v) is 23.2. The number of Topliss-reactive ketones (excluding diaryl/α,β-unsaturated/α-hetero) is 1. The molecule has 0 saturated carbocycles. The highest BCUT2D eigenvalue weighted by Crippen LogP contribution is 2.27. The Balaban J connectivity index is 1.33. The van der Waals surface area contributed by atoms with Crippen molar-refractivity contribution < 1.29 is 21.6 Å². The minimum absolute atomic E-state index is 0.0482. The highest BCUT2D eigenvalue weighted by Gasteiger charge is 2.29. The molecule has 1 aliphatic heterocycles. The van der Waals surface area contributed by atoms with Crippen molar-refractivity contribution in [3.05, 3.63) is 90.0 Å². The van der Waals surface area contributed by atoms with E-state index in [2.05, 4.69) is 17.4 Å². The number of nitrogens with one attached hydrogen (secondary N) is 1. The maximum absolute atomic E-state index is 13.2. The number of anilines is 1. The van der Waals surface area contributed by atoms with Crippen LogP contribution >= 0.6 is 0 Å². The molecule has 202 valence electrons. The molecule has 0 amide bonds. The topological polar surface area (TPSA) is 104 Å². The highest BCUT2D eigenvalue weighted by molar-refractivity contribution is 7.89. The van der Waals surface area contributed by atoms with Crippen LogP contribution in [0.1, 0.15) is 28.8 Å². The summed E-state index contributed by atoms with van der Waals surface area (Å²) in [6.07, 6.45) is 2.61. The maximum Gasteiger partial charge on any atom is 0.243 e. The third kappa shape index (κ3) is 6.50. The van der Waals surface area contributed by atoms with Gasteiger partial charge in [0.25, 0.3) is 0 Å². The molecule has 0 radical (unpaired) electrons. The molecule has 0 unspecified atom stereocenters. The Morgan fingerprint density at radius 3 is 2.16 bits per heavy atom. The van der Waals surface area contributed by atoms with E-state index in [1.54, 1.807) is 34.6 Å². The number of carbonyl (C=O) groups is 1. The van der Waals surface area contributed by atoms with Crippen LogP contribution in [0.2, 0.25) is 0 Å². The van der Waals surface area contributed by atoms with Crippen LogP contribution < -0.4 is 5.32 Å². The van der Waals surface area contributed by atoms with Gasteiger partial charge in [0, 0.05) is 38.4 Å². The summed E-state index contributed by atoms with van der Waals surface area (Å²) < 4.78 is 53.7. The van der Waals surface area contributed by atoms with Crippen LogP contribution in [-0.4, -0.2) is 65.0 Å². The normalized spacial score (nSPS) is 15.4. The number of nitrogens with zero attached hydrogens (tertiary/aromatic N) is 2. The monoisotopic (exact) mass is 555 g/mol. The second-order valence-electron chi connectivity index (χ2n) is 9.65. The third-order valence-corrected chi connectivity index (χ3v) is 10.5. The van der Waals surface area contributed by atoms with E-state index in [1.807, 2.05) is 18.2 Å². The SMILES string of the molecule is CN(C)S(=O)(=O)c1cccc(C(=O)CNc2ccc(S(=O)(=O)N3CCC(Cc4ccccc4)CC3)cc2)c1. The smallest absolute Gasteiger partial charge is 0.243 e. The Kier molecular flexibility index (Phi) is 8.67. The van der Waals surface area contributed by atoms with Crippen LogP contribution in [0.15, 0.2) is 88.7 Å². The molecule has 1 aliphatic rings. The van der Waals surface area contributed by atoms with E-state index in [-0.39, 0.29) is 27.7 Å². The molecule has 0 aromatic heterocycles. The minimum Gasteiger partial charge on any atom is -0.378 e. The quantitative estimate of drug-likeness (QED) is 0.381. The fourth-order valence-corrected chi connectivity index (χ4v) is 6.94. The van der Waals surface area contributed by atoms with Gasteiger partial charge in [0.1, 0.15) is 0 Å². The van der Waals surface area contributed by atoms with Gasteiger partial charge in [-0.25, -0.2) is 21.1 Å². The van der Waals surface area contributed by atoms with E-state index in [4.69, 9.17) is 0 Å². The predicted octanol–water partition coefficient (Wildman–Crippen LogP) is 3.88. The van der Waals surface area contributed by atoms with Gasteiger partial charge in [-0.2, -0.15) is 4.31 Å². The number of benzene rings is 3. The van der Waals surface area contributed by atoms with Crippen LogP contribution in [0, 0.1) is 5.92 Å². The first-order chi connectivity index (χ1) is 18.1. The van der Waals surface area contributed by atoms with Crippen molar-refractivity contribution in [3.63, 3.8) is 0 Å². The largest absolute Gasteiger partial charge is 0.378 e. The van der Waals surface area contributed by atoms with Gasteiger partial charge in [-0.05, 0) is 67.1 Å². The van der Waals surface area contributed by atoms with Gasteiger partial charge in [0.05, 0.1) is 16.3 Å². The van der Waals surface area contributed by atoms with Crippen molar-refractivity contribution in [2.24, 2.45) is 5.92 Å². The summed E-state index contributed by atoms with van der Waals surface area (Å²) in [6, 6.07) is 22.5. The van der Waals surface area contributed by atoms with Gasteiger partial charge < -0.3 is 5.32 Å². The molecule has 0 atom stereocenters. The summed E-state index contributed by atoms with van der Waals surface area (Å²) in [5.41, 5.74) is 2.15. The van der Waals surface area contributed by atoms with E-state index < -0.39 is 20.0 Å². The molecule has 1 N–H and O–H groups in total. The number of rotatable bonds is 10. The van der Waals surface area contributed by atoms with E-state index in [0.717, 1.165) is 23.6 Å². The average molecular weight is 556 g/mol. The molecule has 1 heterocycles. The summed E-state index contributed by atoms with van der Waals surface area (Å²) in [6.45, 7) is 0.931. The minimum atomic E-state index is -3.65. The highest BCUT2D eigenvalue weighted by atomic mass is 32.2. The maximum atomic E-state index is 13.2. The van der Waals surface area contributed by atoms with Crippen molar-refractivity contribution in [2.75, 3.05) is 39.0 Å². The first kappa shape index (κ1) is 28.0. The molecule has 4 rings (SSSR count). The zero-order valence-electron chi connectivity index (χ0n) is 21.6. The lowest BCUT2D eigenvalue weighted by Gasteiger charge is -2.31. The van der Waals surface area contributed by atoms with E-state index in [0.29, 0.717) is 24.7 Å². The van der Waals surface area contributed by atoms with Crippen LogP contribution in [0.25, 0.3) is 0 Å². The zero-order chi connectivity index (χ0) is 27.3. The van der Waals surface area contributed by atoms with E-state index in [9.17, 15) is 21.6 Å². The van der Waals surface area contributed by atoms with Gasteiger partial charge in [-0.3, -0.25) is 4.79 Å². The number of ketones is 1. The molecule has 10 heteroatoms. The van der Waals surface area contributed by atoms with Crippen molar-refractivity contribution in [3.8, 4) is 0 Å². The molecule has 0 aliphatic carbocycles. The average Bonchev–Trinajstić information content (AvgIpc) is 2.93. The Morgan fingerprint density at radius 2 is 1.53 bits per heavy atom. The number of hydrogen-bond donors (Lipinski definition) is 1. The fraction of sp³-hybridized carbons (Fsp3) is 0.321. The molecular formula is C28H33N3O5S2. The lowest BCUT2D eigenvalue weighted by Crippen LogP contribution is -2.38. The van der Waals surface area contributed by atoms with Crippen LogP contribution in [0.5, 0.6) is 0 Å². The molecule has 8 nitrogen and oxygen atoms in total. The molecule has 0 bridgehead atoms. The van der Waals surface area contributed by atoms with E-state index >= 15 is 0 Å². The number of hydrogen-bond acceptors (Lipinski definition) is 6. The third-order valence-electron chi connectivity index (χ3n) is 6.82. The summed E-state index contributed by atoms with van der Waals surface area (Å²) in [7, 11) is -4.38. The van der Waals surface area contributed by atoms with Gasteiger partial charge >= 0.3 is 0 Å². The summed E-state index contributed by atoms with van der Waals surface area (Å²) >= 11 is 0. The number of carbonyl (C=O) groups excluding carboxylic acids is 1. The van der Waals surface area contributed by atoms with Gasteiger partial charge in [-0.15, -0.1) is 0 Å². The molecule has 3 aromatic carbocycles. The molecule has 38 heavy (non-hydrogen) atoms. The summed E-state index contributed by atoms with van der Waals surface area (Å²) in [4.78, 5) is 12.9. The Hall–Kier alpha value is -3.05. The van der Waals surface area contributed by atoms with Crippen LogP contribution in [-0.2, 0) is 26.5 Å². The number of piperidine rings is 1. The first-order valence-electron chi connectivity index (χ1n) is 12.5. The van der Waals surface area contributed by atoms with Crippen molar-refractivity contribution in [1.82, 2.24) is 8.61 Å². The lowest BCUT2D eigenvalue weighted by molar-refractivity contribution is 0.101. The number of sulfonamides is 2. The molecule has 1 fully saturated rings. The lowest BCUT2D eigenvalue weighted by atomic mass is 9.91. The van der Waals surface area contributed by atoms with Crippen LogP contribution in [0.4, 0.5) is 5.69 Å². The van der Waals surface area contributed by atoms with Gasteiger partial charge in [-0.1, -0.05) is 42.5 Å². The molecule has 1 saturated heterocycles. The molecule has 0 spiro atoms. The summed E-state index contributed by atoms with van der Waals surface area (Å²) in [5, 5.41) is 2.99. The van der Waals surface area contributed by atoms with E-state index in [1.165, 1.54) is 37.9 Å². The Morgan fingerprint density at radius 1 is 0.868 bits per heavy atom. The predicted molar refractivity (Wildman–Crippen MR) is 148 cm³/mol. The van der Waals surface area contributed by atoms with Gasteiger partial charge in [0.15, 0.2) is 5.78 Å². The van der Waals surface area contributed by atoms with Crippen molar-refractivity contribution in [2.45, 2.75) is 29.1 Å². The van der Waals surface area contributed by atoms with Crippen molar-refractivity contribution >= 4 is 31.5 Å². The molecular weight excluding hydrogens is 522 g/mol. The fourth-order valence-electron chi connectivity index (χ4n) is 4.52. The first-order valence-corrected chi connectivity index (χ1v) is 15.4. The Bertz CT molecular complexity index is 1460. The Labute approximate surface area is 225 Å². The standard InChI is InChI=1S/C28H33N3O5S2/c1-30(2)37(33,34)27-10-6-9-24(20-27)28(32)21-29-25-11-13-26(14-12-25)38(35,36)31-17-15-23(16-18-31)19-22-7-4-3-5-8-22/h3-14,20,23,29H,15-19,21H2,1-2H3. The van der Waals surface area contributed by atoms with Crippen molar-refractivity contribution in [1.29, 1.82) is 0 Å². The second-order valence-corrected chi connectivity index (χ2v) is 13.7. The summed E-state index contributed by atoms with van der Waals surface area (Å²) in [5.74, 6) is 0.188. The molecule has 3 aromatic rings. The van der Waals surface area contributed by atoms with Gasteiger partial charge in [0.2, 0.25) is 20.0 Å². The van der Waals surface area contributed by atoms with Crippen LogP contribution in [0.3, 0.4) is 0 Å². The second kappa shape index (κ2) is 11.8.